The van der Waals surface area contributed by atoms with Crippen LogP contribution >= 0.6 is 11.3 Å². The van der Waals surface area contributed by atoms with Crippen LogP contribution in [0.25, 0.3) is 22.4 Å². The highest BCUT2D eigenvalue weighted by Crippen LogP contribution is 2.34. The van der Waals surface area contributed by atoms with Crippen molar-refractivity contribution in [2.45, 2.75) is 20.5 Å². The molecule has 0 aromatic carbocycles. The van der Waals surface area contributed by atoms with Crippen molar-refractivity contribution in [2.75, 3.05) is 12.8 Å². The Morgan fingerprint density at radius 3 is 2.48 bits per heavy atom. The van der Waals surface area contributed by atoms with Crippen molar-refractivity contribution in [3.05, 3.63) is 45.7 Å². The molecule has 0 amide bonds. The lowest BCUT2D eigenvalue weighted by atomic mass is 10.0. The van der Waals surface area contributed by atoms with Crippen LogP contribution in [-0.2, 0) is 11.3 Å². The first kappa shape index (κ1) is 17.0. The molecule has 7 heteroatoms. The van der Waals surface area contributed by atoms with Gasteiger partial charge in [0.05, 0.1) is 5.69 Å². The Morgan fingerprint density at radius 2 is 1.92 bits per heavy atom. The Balaban J connectivity index is 2.14. The standard InChI is InChI=1S/C18H17N5OS/c1-10-4-13(11(2)25-10)16-5-14(15(6-19)18(20)23-16)12-7-21-17(9-24-3)22-8-12/h4-5,7-8H,9H2,1-3H3,(H2,20,23). The van der Waals surface area contributed by atoms with Gasteiger partial charge >= 0.3 is 0 Å². The van der Waals surface area contributed by atoms with E-state index < -0.39 is 0 Å². The van der Waals surface area contributed by atoms with Crippen molar-refractivity contribution in [3.8, 4) is 28.5 Å². The van der Waals surface area contributed by atoms with Crippen molar-refractivity contribution in [2.24, 2.45) is 0 Å². The van der Waals surface area contributed by atoms with Gasteiger partial charge in [-0.1, -0.05) is 0 Å². The number of methoxy groups -OCH3 is 1. The number of hydrogen-bond donors (Lipinski definition) is 1. The Hall–Kier alpha value is -2.82. The van der Waals surface area contributed by atoms with Crippen molar-refractivity contribution >= 4 is 17.2 Å². The number of hydrogen-bond acceptors (Lipinski definition) is 7. The topological polar surface area (TPSA) is 97.7 Å². The first-order valence-electron chi connectivity index (χ1n) is 7.61. The van der Waals surface area contributed by atoms with Crippen LogP contribution in [0.3, 0.4) is 0 Å². The highest BCUT2D eigenvalue weighted by Gasteiger charge is 2.16. The SMILES string of the molecule is COCc1ncc(-c2cc(-c3cc(C)sc3C)nc(N)c2C#N)cn1. The number of rotatable bonds is 4. The summed E-state index contributed by atoms with van der Waals surface area (Å²) in [4.78, 5) is 15.3. The fraction of sp³-hybridized carbons (Fsp3) is 0.222. The first-order chi connectivity index (χ1) is 12.0. The molecule has 0 atom stereocenters. The second kappa shape index (κ2) is 6.97. The van der Waals surface area contributed by atoms with E-state index in [1.807, 2.05) is 13.0 Å². The van der Waals surface area contributed by atoms with Crippen LogP contribution in [-0.4, -0.2) is 22.1 Å². The van der Waals surface area contributed by atoms with E-state index in [-0.39, 0.29) is 5.82 Å². The van der Waals surface area contributed by atoms with Gasteiger partial charge in [0.25, 0.3) is 0 Å². The van der Waals surface area contributed by atoms with Gasteiger partial charge in [-0.2, -0.15) is 5.26 Å². The average molecular weight is 351 g/mol. The quantitative estimate of drug-likeness (QED) is 0.773. The fourth-order valence-electron chi connectivity index (χ4n) is 2.63. The zero-order valence-corrected chi connectivity index (χ0v) is 15.0. The van der Waals surface area contributed by atoms with E-state index in [1.54, 1.807) is 30.8 Å². The average Bonchev–Trinajstić information content (AvgIpc) is 2.93. The van der Waals surface area contributed by atoms with E-state index in [9.17, 15) is 5.26 Å². The maximum absolute atomic E-state index is 9.49. The second-order valence-corrected chi connectivity index (χ2v) is 7.04. The molecule has 0 aliphatic rings. The minimum absolute atomic E-state index is 0.208. The Morgan fingerprint density at radius 1 is 1.20 bits per heavy atom. The third-order valence-electron chi connectivity index (χ3n) is 3.77. The summed E-state index contributed by atoms with van der Waals surface area (Å²) in [5.74, 6) is 0.788. The molecule has 0 radical (unpaired) electrons. The Kier molecular flexibility index (Phi) is 4.74. The summed E-state index contributed by atoms with van der Waals surface area (Å²) >= 11 is 1.70. The van der Waals surface area contributed by atoms with Gasteiger partial charge in [0, 0.05) is 45.9 Å². The van der Waals surface area contributed by atoms with Crippen LogP contribution in [0, 0.1) is 25.2 Å². The smallest absolute Gasteiger partial charge is 0.153 e. The number of nitrogens with zero attached hydrogens (tertiary/aromatic N) is 4. The lowest BCUT2D eigenvalue weighted by Crippen LogP contribution is -2.01. The van der Waals surface area contributed by atoms with E-state index in [2.05, 4.69) is 34.0 Å². The lowest BCUT2D eigenvalue weighted by Gasteiger charge is -2.10. The molecule has 3 aromatic heterocycles. The lowest BCUT2D eigenvalue weighted by molar-refractivity contribution is 0.178. The molecule has 3 heterocycles. The largest absolute Gasteiger partial charge is 0.383 e. The van der Waals surface area contributed by atoms with Crippen molar-refractivity contribution in [1.82, 2.24) is 15.0 Å². The molecule has 0 fully saturated rings. The predicted molar refractivity (Wildman–Crippen MR) is 97.9 cm³/mol. The number of nitrogens with two attached hydrogens (primary N) is 1. The third kappa shape index (κ3) is 3.36. The van der Waals surface area contributed by atoms with Gasteiger partial charge in [-0.15, -0.1) is 11.3 Å². The maximum atomic E-state index is 9.49. The Bertz CT molecular complexity index is 957. The molecular weight excluding hydrogens is 334 g/mol. The number of anilines is 1. The van der Waals surface area contributed by atoms with Gasteiger partial charge in [0.15, 0.2) is 5.82 Å². The van der Waals surface area contributed by atoms with Gasteiger partial charge in [-0.3, -0.25) is 0 Å². The molecule has 0 aliphatic heterocycles. The van der Waals surface area contributed by atoms with Crippen molar-refractivity contribution in [1.29, 1.82) is 5.26 Å². The first-order valence-corrected chi connectivity index (χ1v) is 8.43. The molecule has 3 rings (SSSR count). The summed E-state index contributed by atoms with van der Waals surface area (Å²) in [6.45, 7) is 4.44. The molecule has 0 saturated carbocycles. The van der Waals surface area contributed by atoms with Crippen LogP contribution in [0.2, 0.25) is 0 Å². The number of nitriles is 1. The molecule has 0 saturated heterocycles. The van der Waals surface area contributed by atoms with Crippen LogP contribution < -0.4 is 5.73 Å². The van der Waals surface area contributed by atoms with E-state index in [0.29, 0.717) is 23.6 Å². The fourth-order valence-corrected chi connectivity index (χ4v) is 3.56. The number of thiophene rings is 1. The van der Waals surface area contributed by atoms with Crippen LogP contribution in [0.15, 0.2) is 24.5 Å². The highest BCUT2D eigenvalue weighted by atomic mass is 32.1. The maximum Gasteiger partial charge on any atom is 0.153 e. The van der Waals surface area contributed by atoms with E-state index in [0.717, 1.165) is 21.7 Å². The van der Waals surface area contributed by atoms with Crippen molar-refractivity contribution < 1.29 is 4.74 Å². The van der Waals surface area contributed by atoms with E-state index in [4.69, 9.17) is 10.5 Å². The van der Waals surface area contributed by atoms with E-state index in [1.165, 1.54) is 4.88 Å². The summed E-state index contributed by atoms with van der Waals surface area (Å²) in [7, 11) is 1.59. The molecule has 0 unspecified atom stereocenters. The molecule has 0 bridgehead atoms. The molecule has 126 valence electrons. The monoisotopic (exact) mass is 351 g/mol. The predicted octanol–water partition coefficient (Wildman–Crippen LogP) is 3.48. The summed E-state index contributed by atoms with van der Waals surface area (Å²) in [6, 6.07) is 6.09. The third-order valence-corrected chi connectivity index (χ3v) is 4.73. The number of aryl methyl sites for hydroxylation is 2. The summed E-state index contributed by atoms with van der Waals surface area (Å²) < 4.78 is 5.02. The van der Waals surface area contributed by atoms with Crippen molar-refractivity contribution in [3.63, 3.8) is 0 Å². The number of aromatic nitrogens is 3. The summed E-state index contributed by atoms with van der Waals surface area (Å²) in [6.07, 6.45) is 3.35. The molecule has 0 aliphatic carbocycles. The molecule has 3 aromatic rings. The molecular formula is C18H17N5OS. The molecule has 2 N–H and O–H groups in total. The van der Waals surface area contributed by atoms with Gasteiger partial charge in [-0.25, -0.2) is 15.0 Å². The highest BCUT2D eigenvalue weighted by molar-refractivity contribution is 7.12. The molecule has 0 spiro atoms. The minimum Gasteiger partial charge on any atom is -0.383 e. The Labute approximate surface area is 150 Å². The minimum atomic E-state index is 0.208. The van der Waals surface area contributed by atoms with Gasteiger partial charge < -0.3 is 10.5 Å². The number of pyridine rings is 1. The summed E-state index contributed by atoms with van der Waals surface area (Å²) in [5, 5.41) is 9.49. The van der Waals surface area contributed by atoms with Gasteiger partial charge in [-0.05, 0) is 26.0 Å². The second-order valence-electron chi connectivity index (χ2n) is 5.57. The zero-order valence-electron chi connectivity index (χ0n) is 14.2. The van der Waals surface area contributed by atoms with Crippen LogP contribution in [0.5, 0.6) is 0 Å². The van der Waals surface area contributed by atoms with Gasteiger partial charge in [0.2, 0.25) is 0 Å². The zero-order chi connectivity index (χ0) is 18.0. The van der Waals surface area contributed by atoms with Crippen LogP contribution in [0.4, 0.5) is 5.82 Å². The van der Waals surface area contributed by atoms with E-state index >= 15 is 0 Å². The number of nitrogen functional groups attached to an aromatic ring is 1. The number of ether oxygens (including phenoxy) is 1. The summed E-state index contributed by atoms with van der Waals surface area (Å²) in [5.41, 5.74) is 9.55. The van der Waals surface area contributed by atoms with Gasteiger partial charge in [0.1, 0.15) is 24.1 Å². The van der Waals surface area contributed by atoms with Crippen LogP contribution in [0.1, 0.15) is 21.1 Å². The normalized spacial score (nSPS) is 10.6. The molecule has 6 nitrogen and oxygen atoms in total. The molecule has 25 heavy (non-hydrogen) atoms.